The van der Waals surface area contributed by atoms with Gasteiger partial charge in [0.1, 0.15) is 24.0 Å². The van der Waals surface area contributed by atoms with Crippen LogP contribution in [0.4, 0.5) is 0 Å². The first-order chi connectivity index (χ1) is 8.72. The highest BCUT2D eigenvalue weighted by Gasteiger charge is 2.20. The van der Waals surface area contributed by atoms with Gasteiger partial charge in [-0.15, -0.1) is 0 Å². The first-order valence-corrected chi connectivity index (χ1v) is 6.28. The first-order valence-electron chi connectivity index (χ1n) is 5.49. The summed E-state index contributed by atoms with van der Waals surface area (Å²) < 4.78 is 6.25. The molecule has 0 saturated carbocycles. The van der Waals surface area contributed by atoms with Gasteiger partial charge >= 0.3 is 0 Å². The van der Waals surface area contributed by atoms with Crippen molar-refractivity contribution in [2.45, 2.75) is 0 Å². The topological polar surface area (TPSA) is 62.1 Å². The number of hydrogen-bond donors (Lipinski definition) is 1. The molecule has 1 aliphatic heterocycles. The second-order valence-corrected chi connectivity index (χ2v) is 4.69. The molecule has 1 aromatic rings. The standard InChI is InChI=1S/C13H11BrN2O2/c14-10-3-1-9(2-4-10)13(17)11(7-15)12-8-16-5-6-18-12/h1-4,16H,5-6,8H2. The lowest BCUT2D eigenvalue weighted by molar-refractivity contribution is 0.102. The maximum absolute atomic E-state index is 12.2. The highest BCUT2D eigenvalue weighted by Crippen LogP contribution is 2.17. The molecule has 92 valence electrons. The fourth-order valence-electron chi connectivity index (χ4n) is 1.65. The molecule has 1 N–H and O–H groups in total. The van der Waals surface area contributed by atoms with Gasteiger partial charge < -0.3 is 10.1 Å². The molecule has 1 saturated heterocycles. The average Bonchev–Trinajstić information content (AvgIpc) is 2.41. The normalized spacial score (nSPS) is 17.6. The summed E-state index contributed by atoms with van der Waals surface area (Å²) in [6, 6.07) is 8.84. The Kier molecular flexibility index (Phi) is 4.13. The SMILES string of the molecule is N#CC(C(=O)c1ccc(Br)cc1)=C1CNCCO1. The fourth-order valence-corrected chi connectivity index (χ4v) is 1.91. The number of nitrogens with zero attached hydrogens (tertiary/aromatic N) is 1. The fraction of sp³-hybridized carbons (Fsp3) is 0.231. The van der Waals surface area contributed by atoms with Gasteiger partial charge in [-0.1, -0.05) is 15.9 Å². The predicted molar refractivity (Wildman–Crippen MR) is 69.9 cm³/mol. The number of allylic oxidation sites excluding steroid dienone is 1. The number of ketones is 1. The maximum atomic E-state index is 12.2. The lowest BCUT2D eigenvalue weighted by atomic mass is 10.0. The zero-order valence-electron chi connectivity index (χ0n) is 9.57. The number of benzene rings is 1. The minimum atomic E-state index is -0.302. The summed E-state index contributed by atoms with van der Waals surface area (Å²) in [5.74, 6) is 0.125. The number of halogens is 1. The first kappa shape index (κ1) is 12.8. The van der Waals surface area contributed by atoms with Crippen LogP contribution in [-0.2, 0) is 4.74 Å². The van der Waals surface area contributed by atoms with E-state index in [9.17, 15) is 4.79 Å². The van der Waals surface area contributed by atoms with Crippen molar-refractivity contribution in [3.05, 3.63) is 45.6 Å². The molecule has 0 spiro atoms. The molecule has 5 heteroatoms. The summed E-state index contributed by atoms with van der Waals surface area (Å²) in [6.45, 7) is 1.63. The number of morpholine rings is 1. The van der Waals surface area contributed by atoms with Crippen molar-refractivity contribution in [1.29, 1.82) is 5.26 Å². The third-order valence-electron chi connectivity index (χ3n) is 2.56. The molecule has 0 aromatic heterocycles. The van der Waals surface area contributed by atoms with Gasteiger partial charge in [0.25, 0.3) is 0 Å². The summed E-state index contributed by atoms with van der Waals surface area (Å²) >= 11 is 3.30. The lowest BCUT2D eigenvalue weighted by Crippen LogP contribution is -2.30. The third kappa shape index (κ3) is 2.78. The number of carbonyl (C=O) groups is 1. The number of rotatable bonds is 2. The van der Waals surface area contributed by atoms with Gasteiger partial charge in [0.2, 0.25) is 5.78 Å². The molecule has 0 aliphatic carbocycles. The van der Waals surface area contributed by atoms with E-state index >= 15 is 0 Å². The summed E-state index contributed by atoms with van der Waals surface area (Å²) in [7, 11) is 0. The predicted octanol–water partition coefficient (Wildman–Crippen LogP) is 2.03. The average molecular weight is 307 g/mol. The Morgan fingerprint density at radius 1 is 1.39 bits per heavy atom. The van der Waals surface area contributed by atoms with Crippen LogP contribution >= 0.6 is 15.9 Å². The number of hydrogen-bond acceptors (Lipinski definition) is 4. The van der Waals surface area contributed by atoms with Crippen molar-refractivity contribution < 1.29 is 9.53 Å². The van der Waals surface area contributed by atoms with Crippen LogP contribution in [0.3, 0.4) is 0 Å². The van der Waals surface area contributed by atoms with Gasteiger partial charge in [0.15, 0.2) is 0 Å². The minimum Gasteiger partial charge on any atom is -0.494 e. The molecule has 1 aliphatic rings. The molecule has 0 amide bonds. The van der Waals surface area contributed by atoms with Crippen LogP contribution in [0, 0.1) is 11.3 Å². The van der Waals surface area contributed by atoms with E-state index in [0.29, 0.717) is 24.5 Å². The van der Waals surface area contributed by atoms with Gasteiger partial charge in [0.05, 0.1) is 6.54 Å². The van der Waals surface area contributed by atoms with Crippen molar-refractivity contribution in [3.8, 4) is 6.07 Å². The molecule has 1 heterocycles. The van der Waals surface area contributed by atoms with E-state index in [1.54, 1.807) is 24.3 Å². The monoisotopic (exact) mass is 306 g/mol. The third-order valence-corrected chi connectivity index (χ3v) is 3.09. The summed E-state index contributed by atoms with van der Waals surface area (Å²) in [6.07, 6.45) is 0. The number of Topliss-reactive ketones (excluding diaryl/α,β-unsaturated/α-hetero) is 1. The van der Waals surface area contributed by atoms with E-state index < -0.39 is 0 Å². The Morgan fingerprint density at radius 3 is 2.67 bits per heavy atom. The van der Waals surface area contributed by atoms with Gasteiger partial charge in [-0.2, -0.15) is 5.26 Å². The van der Waals surface area contributed by atoms with Crippen LogP contribution in [0.5, 0.6) is 0 Å². The van der Waals surface area contributed by atoms with Crippen LogP contribution in [0.15, 0.2) is 40.1 Å². The Labute approximate surface area is 113 Å². The van der Waals surface area contributed by atoms with Gasteiger partial charge in [-0.05, 0) is 24.3 Å². The number of carbonyl (C=O) groups excluding carboxylic acids is 1. The lowest BCUT2D eigenvalue weighted by Gasteiger charge is -2.18. The number of nitriles is 1. The van der Waals surface area contributed by atoms with Crippen molar-refractivity contribution in [2.75, 3.05) is 19.7 Å². The van der Waals surface area contributed by atoms with Gasteiger partial charge in [-0.25, -0.2) is 0 Å². The number of nitrogens with one attached hydrogen (secondary N) is 1. The van der Waals surface area contributed by atoms with Crippen molar-refractivity contribution in [1.82, 2.24) is 5.32 Å². The zero-order chi connectivity index (χ0) is 13.0. The molecular formula is C13H11BrN2O2. The van der Waals surface area contributed by atoms with Crippen LogP contribution in [0.25, 0.3) is 0 Å². The van der Waals surface area contributed by atoms with E-state index in [0.717, 1.165) is 11.0 Å². The molecule has 0 unspecified atom stereocenters. The maximum Gasteiger partial charge on any atom is 0.207 e. The zero-order valence-corrected chi connectivity index (χ0v) is 11.2. The Balaban J connectivity index is 2.31. The van der Waals surface area contributed by atoms with E-state index in [2.05, 4.69) is 21.2 Å². The van der Waals surface area contributed by atoms with Crippen LogP contribution < -0.4 is 5.32 Å². The van der Waals surface area contributed by atoms with E-state index in [4.69, 9.17) is 10.00 Å². The molecule has 18 heavy (non-hydrogen) atoms. The highest BCUT2D eigenvalue weighted by atomic mass is 79.9. The van der Waals surface area contributed by atoms with Crippen molar-refractivity contribution >= 4 is 21.7 Å². The Hall–Kier alpha value is -1.64. The van der Waals surface area contributed by atoms with E-state index in [1.807, 2.05) is 6.07 Å². The second kappa shape index (κ2) is 5.80. The molecule has 2 rings (SSSR count). The summed E-state index contributed by atoms with van der Waals surface area (Å²) in [5.41, 5.74) is 0.556. The number of ether oxygens (including phenoxy) is 1. The second-order valence-electron chi connectivity index (χ2n) is 3.77. The molecule has 1 aromatic carbocycles. The van der Waals surface area contributed by atoms with Crippen molar-refractivity contribution in [2.24, 2.45) is 0 Å². The van der Waals surface area contributed by atoms with Crippen LogP contribution in [0.1, 0.15) is 10.4 Å². The van der Waals surface area contributed by atoms with Gasteiger partial charge in [-0.3, -0.25) is 4.79 Å². The van der Waals surface area contributed by atoms with E-state index in [-0.39, 0.29) is 11.4 Å². The van der Waals surface area contributed by atoms with Gasteiger partial charge in [0, 0.05) is 16.6 Å². The molecule has 1 fully saturated rings. The smallest absolute Gasteiger partial charge is 0.207 e. The molecular weight excluding hydrogens is 296 g/mol. The Morgan fingerprint density at radius 2 is 2.11 bits per heavy atom. The molecule has 0 atom stereocenters. The molecule has 0 radical (unpaired) electrons. The quantitative estimate of drug-likeness (QED) is 0.516. The summed E-state index contributed by atoms with van der Waals surface area (Å²) in [4.78, 5) is 12.2. The molecule has 4 nitrogen and oxygen atoms in total. The largest absolute Gasteiger partial charge is 0.494 e. The van der Waals surface area contributed by atoms with Crippen molar-refractivity contribution in [3.63, 3.8) is 0 Å². The summed E-state index contributed by atoms with van der Waals surface area (Å²) in [5, 5.41) is 12.2. The van der Waals surface area contributed by atoms with E-state index in [1.165, 1.54) is 0 Å². The van der Waals surface area contributed by atoms with Crippen LogP contribution in [0.2, 0.25) is 0 Å². The minimum absolute atomic E-state index is 0.0736. The highest BCUT2D eigenvalue weighted by molar-refractivity contribution is 9.10. The molecule has 0 bridgehead atoms. The van der Waals surface area contributed by atoms with Crippen LogP contribution in [-0.4, -0.2) is 25.5 Å². The Bertz CT molecular complexity index is 521.